The lowest BCUT2D eigenvalue weighted by molar-refractivity contribution is 0.385. The highest BCUT2D eigenvalue weighted by atomic mass is 79.9. The largest absolute Gasteiger partial charge is 0.480 e. The monoisotopic (exact) mass is 244 g/mol. The van der Waals surface area contributed by atoms with Crippen LogP contribution in [-0.4, -0.2) is 21.9 Å². The van der Waals surface area contributed by atoms with Gasteiger partial charge < -0.3 is 4.74 Å². The molecule has 0 radical (unpaired) electrons. The molecule has 3 nitrogen and oxygen atoms in total. The van der Waals surface area contributed by atoms with E-state index in [9.17, 15) is 0 Å². The molecule has 0 bridgehead atoms. The third kappa shape index (κ3) is 2.40. The molecule has 4 heteroatoms. The van der Waals surface area contributed by atoms with Gasteiger partial charge >= 0.3 is 0 Å². The van der Waals surface area contributed by atoms with Crippen molar-refractivity contribution in [2.45, 2.75) is 24.6 Å². The highest BCUT2D eigenvalue weighted by Gasteiger charge is 2.17. The van der Waals surface area contributed by atoms with Crippen molar-refractivity contribution in [2.24, 2.45) is 0 Å². The van der Waals surface area contributed by atoms with Crippen LogP contribution in [0.4, 0.5) is 0 Å². The predicted molar refractivity (Wildman–Crippen MR) is 55.4 cm³/mol. The molecule has 0 saturated carbocycles. The van der Waals surface area contributed by atoms with Gasteiger partial charge in [-0.05, 0) is 0 Å². The summed E-state index contributed by atoms with van der Waals surface area (Å²) in [5.74, 6) is 0.907. The van der Waals surface area contributed by atoms with Crippen LogP contribution < -0.4 is 4.74 Å². The van der Waals surface area contributed by atoms with Crippen molar-refractivity contribution < 1.29 is 4.74 Å². The molecule has 1 heterocycles. The van der Waals surface area contributed by atoms with E-state index in [-0.39, 0.29) is 0 Å². The fourth-order valence-electron chi connectivity index (χ4n) is 1.02. The number of nitrogens with zero attached hydrogens (tertiary/aromatic N) is 2. The maximum absolute atomic E-state index is 5.12. The second-order valence-electron chi connectivity index (χ2n) is 2.92. The molecule has 0 fully saturated rings. The van der Waals surface area contributed by atoms with Gasteiger partial charge in [-0.3, -0.25) is 4.98 Å². The number of hydrogen-bond donors (Lipinski definition) is 0. The number of hydrogen-bond acceptors (Lipinski definition) is 3. The van der Waals surface area contributed by atoms with E-state index in [1.807, 2.05) is 0 Å². The van der Waals surface area contributed by atoms with E-state index in [0.717, 1.165) is 5.69 Å². The average molecular weight is 245 g/mol. The number of halogens is 1. The van der Waals surface area contributed by atoms with Gasteiger partial charge in [-0.25, -0.2) is 4.98 Å². The third-order valence-electron chi connectivity index (χ3n) is 2.00. The first-order valence-corrected chi connectivity index (χ1v) is 5.07. The highest BCUT2D eigenvalue weighted by Crippen LogP contribution is 2.27. The van der Waals surface area contributed by atoms with Gasteiger partial charge in [0.2, 0.25) is 5.88 Å². The molecular formula is C9H13BrN2O. The number of ether oxygens (including phenoxy) is 1. The maximum Gasteiger partial charge on any atom is 0.235 e. The Morgan fingerprint density at radius 1 is 1.31 bits per heavy atom. The first kappa shape index (κ1) is 10.4. The minimum Gasteiger partial charge on any atom is -0.480 e. The zero-order valence-corrected chi connectivity index (χ0v) is 9.58. The molecule has 1 aromatic heterocycles. The van der Waals surface area contributed by atoms with E-state index >= 15 is 0 Å². The van der Waals surface area contributed by atoms with Crippen molar-refractivity contribution in [2.75, 3.05) is 7.11 Å². The number of rotatable bonds is 3. The highest BCUT2D eigenvalue weighted by molar-refractivity contribution is 9.09. The quantitative estimate of drug-likeness (QED) is 0.767. The van der Waals surface area contributed by atoms with Crippen LogP contribution in [0, 0.1) is 0 Å². The molecule has 13 heavy (non-hydrogen) atoms. The number of aromatic nitrogens is 2. The first-order chi connectivity index (χ1) is 6.16. The van der Waals surface area contributed by atoms with Crippen LogP contribution >= 0.6 is 15.9 Å². The van der Waals surface area contributed by atoms with Crippen molar-refractivity contribution in [1.82, 2.24) is 9.97 Å². The smallest absolute Gasteiger partial charge is 0.235 e. The molecule has 1 rings (SSSR count). The van der Waals surface area contributed by atoms with Crippen LogP contribution in [0.25, 0.3) is 0 Å². The Labute approximate surface area is 86.7 Å². The van der Waals surface area contributed by atoms with Crippen molar-refractivity contribution in [3.8, 4) is 5.88 Å². The van der Waals surface area contributed by atoms with E-state index in [4.69, 9.17) is 4.74 Å². The van der Waals surface area contributed by atoms with Gasteiger partial charge in [0.1, 0.15) is 5.69 Å². The van der Waals surface area contributed by atoms with Gasteiger partial charge in [0, 0.05) is 23.1 Å². The van der Waals surface area contributed by atoms with Gasteiger partial charge in [-0.1, -0.05) is 29.8 Å². The Morgan fingerprint density at radius 2 is 1.92 bits per heavy atom. The van der Waals surface area contributed by atoms with Crippen molar-refractivity contribution >= 4 is 15.9 Å². The van der Waals surface area contributed by atoms with Gasteiger partial charge in [-0.2, -0.15) is 0 Å². The van der Waals surface area contributed by atoms with Crippen LogP contribution in [0.15, 0.2) is 12.4 Å². The van der Waals surface area contributed by atoms with E-state index in [1.54, 1.807) is 19.5 Å². The van der Waals surface area contributed by atoms with E-state index in [2.05, 4.69) is 39.7 Å². The van der Waals surface area contributed by atoms with Gasteiger partial charge in [-0.15, -0.1) is 0 Å². The standard InChI is InChI=1S/C9H13BrN2O/c1-6(7(2)10)8-9(13-3)12-5-4-11-8/h4-7H,1-3H3. The normalized spacial score (nSPS) is 15.1. The summed E-state index contributed by atoms with van der Waals surface area (Å²) < 4.78 is 5.12. The first-order valence-electron chi connectivity index (χ1n) is 4.15. The van der Waals surface area contributed by atoms with Crippen molar-refractivity contribution in [3.05, 3.63) is 18.1 Å². The fourth-order valence-corrected chi connectivity index (χ4v) is 1.27. The maximum atomic E-state index is 5.12. The van der Waals surface area contributed by atoms with Crippen LogP contribution in [-0.2, 0) is 0 Å². The molecule has 72 valence electrons. The molecule has 0 amide bonds. The molecular weight excluding hydrogens is 232 g/mol. The second kappa shape index (κ2) is 4.56. The Kier molecular flexibility index (Phi) is 3.66. The lowest BCUT2D eigenvalue weighted by atomic mass is 10.1. The fraction of sp³-hybridized carbons (Fsp3) is 0.556. The molecule has 0 aliphatic rings. The number of methoxy groups -OCH3 is 1. The lowest BCUT2D eigenvalue weighted by Gasteiger charge is -2.14. The van der Waals surface area contributed by atoms with Crippen molar-refractivity contribution in [3.63, 3.8) is 0 Å². The van der Waals surface area contributed by atoms with Crippen LogP contribution in [0.3, 0.4) is 0 Å². The molecule has 1 aromatic rings. The molecule has 2 unspecified atom stereocenters. The van der Waals surface area contributed by atoms with Crippen molar-refractivity contribution in [1.29, 1.82) is 0 Å². The molecule has 0 spiro atoms. The summed E-state index contributed by atoms with van der Waals surface area (Å²) in [5, 5.41) is 0. The summed E-state index contributed by atoms with van der Waals surface area (Å²) in [4.78, 5) is 8.71. The van der Waals surface area contributed by atoms with Crippen LogP contribution in [0.1, 0.15) is 25.5 Å². The Balaban J connectivity index is 2.98. The summed E-state index contributed by atoms with van der Waals surface area (Å²) in [5.41, 5.74) is 0.898. The van der Waals surface area contributed by atoms with Crippen LogP contribution in [0.2, 0.25) is 0 Å². The topological polar surface area (TPSA) is 35.0 Å². The zero-order chi connectivity index (χ0) is 9.84. The Morgan fingerprint density at radius 3 is 2.46 bits per heavy atom. The Hall–Kier alpha value is -0.640. The average Bonchev–Trinajstić information content (AvgIpc) is 2.16. The molecule has 0 saturated heterocycles. The summed E-state index contributed by atoms with van der Waals surface area (Å²) >= 11 is 3.52. The van der Waals surface area contributed by atoms with Gasteiger partial charge in [0.05, 0.1) is 7.11 Å². The molecule has 2 atom stereocenters. The third-order valence-corrected chi connectivity index (χ3v) is 2.80. The second-order valence-corrected chi connectivity index (χ2v) is 4.36. The van der Waals surface area contributed by atoms with Gasteiger partial charge in [0.25, 0.3) is 0 Å². The minimum atomic E-state index is 0.295. The molecule has 0 N–H and O–H groups in total. The number of alkyl halides is 1. The predicted octanol–water partition coefficient (Wildman–Crippen LogP) is 2.37. The van der Waals surface area contributed by atoms with E-state index < -0.39 is 0 Å². The molecule has 0 aromatic carbocycles. The van der Waals surface area contributed by atoms with Gasteiger partial charge in [0.15, 0.2) is 0 Å². The SMILES string of the molecule is COc1nccnc1C(C)C(C)Br. The summed E-state index contributed by atoms with van der Waals surface area (Å²) in [6.07, 6.45) is 3.32. The van der Waals surface area contributed by atoms with Crippen LogP contribution in [0.5, 0.6) is 5.88 Å². The van der Waals surface area contributed by atoms with E-state index in [1.165, 1.54) is 0 Å². The lowest BCUT2D eigenvalue weighted by Crippen LogP contribution is -2.09. The summed E-state index contributed by atoms with van der Waals surface area (Å²) in [6, 6.07) is 0. The summed E-state index contributed by atoms with van der Waals surface area (Å²) in [7, 11) is 1.61. The Bertz CT molecular complexity index is 278. The minimum absolute atomic E-state index is 0.295. The zero-order valence-electron chi connectivity index (χ0n) is 7.99. The molecule has 0 aliphatic heterocycles. The summed E-state index contributed by atoms with van der Waals surface area (Å²) in [6.45, 7) is 4.17. The molecule has 0 aliphatic carbocycles. The van der Waals surface area contributed by atoms with E-state index in [0.29, 0.717) is 16.6 Å².